The van der Waals surface area contributed by atoms with Gasteiger partial charge in [-0.15, -0.1) is 0 Å². The zero-order valence-electron chi connectivity index (χ0n) is 8.34. The molecule has 0 unspecified atom stereocenters. The fourth-order valence-electron chi connectivity index (χ4n) is 2.16. The summed E-state index contributed by atoms with van der Waals surface area (Å²) in [5, 5.41) is 0. The summed E-state index contributed by atoms with van der Waals surface area (Å²) >= 11 is 0. The van der Waals surface area contributed by atoms with Crippen LogP contribution in [0.25, 0.3) is 0 Å². The van der Waals surface area contributed by atoms with E-state index in [0.29, 0.717) is 0 Å². The molecular formula is C12H19N. The predicted molar refractivity (Wildman–Crippen MR) is 56.5 cm³/mol. The maximum Gasteiger partial charge on any atom is 0.0322 e. The molecule has 1 aliphatic carbocycles. The summed E-state index contributed by atoms with van der Waals surface area (Å²) in [6, 6.07) is 0. The van der Waals surface area contributed by atoms with Crippen LogP contribution < -0.4 is 0 Å². The van der Waals surface area contributed by atoms with Crippen molar-refractivity contribution in [3.05, 3.63) is 23.9 Å². The zero-order chi connectivity index (χ0) is 8.93. The van der Waals surface area contributed by atoms with Gasteiger partial charge in [-0.3, -0.25) is 0 Å². The minimum atomic E-state index is 1.23. The molecule has 2 rings (SSSR count). The van der Waals surface area contributed by atoms with Gasteiger partial charge in [0.15, 0.2) is 0 Å². The molecule has 0 amide bonds. The Kier molecular flexibility index (Phi) is 3.07. The summed E-state index contributed by atoms with van der Waals surface area (Å²) in [6.45, 7) is 2.55. The number of likely N-dealkylation sites (tertiary alicyclic amines) is 1. The Balaban J connectivity index is 1.97. The van der Waals surface area contributed by atoms with Crippen LogP contribution in [-0.2, 0) is 0 Å². The molecule has 1 nitrogen and oxygen atoms in total. The third-order valence-electron chi connectivity index (χ3n) is 2.95. The van der Waals surface area contributed by atoms with Crippen molar-refractivity contribution in [2.45, 2.75) is 38.5 Å². The van der Waals surface area contributed by atoms with Crippen molar-refractivity contribution in [3.8, 4) is 0 Å². The first-order valence-electron chi connectivity index (χ1n) is 5.58. The van der Waals surface area contributed by atoms with Gasteiger partial charge in [0.25, 0.3) is 0 Å². The van der Waals surface area contributed by atoms with Gasteiger partial charge in [0, 0.05) is 18.8 Å². The number of rotatable bonds is 1. The first-order valence-corrected chi connectivity index (χ1v) is 5.58. The molecule has 0 aromatic carbocycles. The molecule has 1 saturated heterocycles. The summed E-state index contributed by atoms with van der Waals surface area (Å²) < 4.78 is 0. The lowest BCUT2D eigenvalue weighted by atomic mass is 10.1. The Hall–Kier alpha value is -0.720. The van der Waals surface area contributed by atoms with Crippen LogP contribution in [0.1, 0.15) is 38.5 Å². The van der Waals surface area contributed by atoms with Gasteiger partial charge in [0.05, 0.1) is 0 Å². The normalized spacial score (nSPS) is 24.0. The average molecular weight is 177 g/mol. The molecule has 0 bridgehead atoms. The second kappa shape index (κ2) is 4.50. The van der Waals surface area contributed by atoms with Crippen LogP contribution in [0.4, 0.5) is 0 Å². The van der Waals surface area contributed by atoms with Gasteiger partial charge >= 0.3 is 0 Å². The maximum atomic E-state index is 2.56. The van der Waals surface area contributed by atoms with E-state index < -0.39 is 0 Å². The average Bonchev–Trinajstić information content (AvgIpc) is 2.47. The standard InChI is InChI=1S/C12H19N/c1-2-7-11-13(10-6-1)12-8-4-3-5-9-12/h4,8-9H,1-3,5-7,10-11H2. The highest BCUT2D eigenvalue weighted by Crippen LogP contribution is 2.18. The molecule has 1 aliphatic heterocycles. The SMILES string of the molecule is C1=CC(N2CCCCCC2)=CCC1. The summed E-state index contributed by atoms with van der Waals surface area (Å²) in [4.78, 5) is 2.56. The van der Waals surface area contributed by atoms with Crippen LogP contribution in [0, 0.1) is 0 Å². The Morgan fingerprint density at radius 1 is 0.923 bits per heavy atom. The smallest absolute Gasteiger partial charge is 0.0322 e. The largest absolute Gasteiger partial charge is 0.372 e. The second-order valence-electron chi connectivity index (χ2n) is 4.01. The van der Waals surface area contributed by atoms with Crippen LogP contribution >= 0.6 is 0 Å². The highest BCUT2D eigenvalue weighted by Gasteiger charge is 2.10. The van der Waals surface area contributed by atoms with E-state index in [-0.39, 0.29) is 0 Å². The monoisotopic (exact) mass is 177 g/mol. The van der Waals surface area contributed by atoms with Crippen molar-refractivity contribution in [1.82, 2.24) is 4.90 Å². The number of hydrogen-bond donors (Lipinski definition) is 0. The molecule has 0 radical (unpaired) electrons. The summed E-state index contributed by atoms with van der Waals surface area (Å²) in [5.41, 5.74) is 1.48. The van der Waals surface area contributed by atoms with Crippen molar-refractivity contribution in [2.24, 2.45) is 0 Å². The first kappa shape index (κ1) is 8.86. The van der Waals surface area contributed by atoms with E-state index in [4.69, 9.17) is 0 Å². The van der Waals surface area contributed by atoms with E-state index >= 15 is 0 Å². The Morgan fingerprint density at radius 2 is 1.69 bits per heavy atom. The minimum absolute atomic E-state index is 1.23. The quantitative estimate of drug-likeness (QED) is 0.595. The molecule has 13 heavy (non-hydrogen) atoms. The van der Waals surface area contributed by atoms with E-state index in [0.717, 1.165) is 0 Å². The third kappa shape index (κ3) is 2.36. The lowest BCUT2D eigenvalue weighted by Crippen LogP contribution is -2.23. The van der Waals surface area contributed by atoms with Gasteiger partial charge in [0.2, 0.25) is 0 Å². The Bertz CT molecular complexity index is 207. The van der Waals surface area contributed by atoms with Crippen LogP contribution in [-0.4, -0.2) is 18.0 Å². The van der Waals surface area contributed by atoms with Gasteiger partial charge in [-0.05, 0) is 31.8 Å². The molecule has 1 heterocycles. The summed E-state index contributed by atoms with van der Waals surface area (Å²) in [7, 11) is 0. The van der Waals surface area contributed by atoms with Gasteiger partial charge in [-0.2, -0.15) is 0 Å². The molecule has 0 spiro atoms. The Morgan fingerprint density at radius 3 is 2.31 bits per heavy atom. The summed E-state index contributed by atoms with van der Waals surface area (Å²) in [5.74, 6) is 0. The van der Waals surface area contributed by atoms with Gasteiger partial charge in [0.1, 0.15) is 0 Å². The van der Waals surface area contributed by atoms with Crippen LogP contribution in [0.2, 0.25) is 0 Å². The zero-order valence-corrected chi connectivity index (χ0v) is 8.34. The van der Waals surface area contributed by atoms with Crippen molar-refractivity contribution in [2.75, 3.05) is 13.1 Å². The fraction of sp³-hybridized carbons (Fsp3) is 0.667. The minimum Gasteiger partial charge on any atom is -0.372 e. The first-order chi connectivity index (χ1) is 6.47. The number of nitrogens with zero attached hydrogens (tertiary/aromatic N) is 1. The molecule has 0 aromatic heterocycles. The lowest BCUT2D eigenvalue weighted by Gasteiger charge is -2.25. The second-order valence-corrected chi connectivity index (χ2v) is 4.01. The Labute approximate surface area is 81.1 Å². The van der Waals surface area contributed by atoms with E-state index in [1.165, 1.54) is 57.3 Å². The van der Waals surface area contributed by atoms with Crippen molar-refractivity contribution in [3.63, 3.8) is 0 Å². The van der Waals surface area contributed by atoms with Crippen LogP contribution in [0.15, 0.2) is 23.9 Å². The molecular weight excluding hydrogens is 158 g/mol. The number of hydrogen-bond acceptors (Lipinski definition) is 1. The van der Waals surface area contributed by atoms with Gasteiger partial charge < -0.3 is 4.90 Å². The topological polar surface area (TPSA) is 3.24 Å². The van der Waals surface area contributed by atoms with E-state index in [1.807, 2.05) is 0 Å². The summed E-state index contributed by atoms with van der Waals surface area (Å²) in [6.07, 6.45) is 15.1. The molecule has 2 aliphatic rings. The fourth-order valence-corrected chi connectivity index (χ4v) is 2.16. The molecule has 0 aromatic rings. The molecule has 0 saturated carbocycles. The van der Waals surface area contributed by atoms with Crippen molar-refractivity contribution < 1.29 is 0 Å². The van der Waals surface area contributed by atoms with E-state index in [9.17, 15) is 0 Å². The molecule has 1 heteroatoms. The van der Waals surface area contributed by atoms with Gasteiger partial charge in [-0.1, -0.05) is 25.0 Å². The maximum absolute atomic E-state index is 2.56. The van der Waals surface area contributed by atoms with E-state index in [2.05, 4.69) is 23.1 Å². The number of allylic oxidation sites excluding steroid dienone is 3. The van der Waals surface area contributed by atoms with Crippen LogP contribution in [0.5, 0.6) is 0 Å². The molecule has 0 N–H and O–H groups in total. The van der Waals surface area contributed by atoms with Gasteiger partial charge in [-0.25, -0.2) is 0 Å². The lowest BCUT2D eigenvalue weighted by molar-refractivity contribution is 0.366. The highest BCUT2D eigenvalue weighted by atomic mass is 15.1. The molecule has 1 fully saturated rings. The molecule has 0 atom stereocenters. The molecule has 72 valence electrons. The van der Waals surface area contributed by atoms with E-state index in [1.54, 1.807) is 0 Å². The van der Waals surface area contributed by atoms with Crippen LogP contribution in [0.3, 0.4) is 0 Å². The predicted octanol–water partition coefficient (Wildman–Crippen LogP) is 3.10. The van der Waals surface area contributed by atoms with Crippen molar-refractivity contribution in [1.29, 1.82) is 0 Å². The third-order valence-corrected chi connectivity index (χ3v) is 2.95. The highest BCUT2D eigenvalue weighted by molar-refractivity contribution is 5.21. The van der Waals surface area contributed by atoms with Crippen molar-refractivity contribution >= 4 is 0 Å².